The zero-order chi connectivity index (χ0) is 16.1. The molecule has 6 nitrogen and oxygen atoms in total. The number of carbonyl (C=O) groups is 1. The van der Waals surface area contributed by atoms with Crippen LogP contribution < -0.4 is 10.1 Å². The number of aryl methyl sites for hydroxylation is 1. The normalized spacial score (nSPS) is 10.5. The average molecular weight is 311 g/mol. The topological polar surface area (TPSA) is 69.3 Å². The van der Waals surface area contributed by atoms with Crippen molar-refractivity contribution in [1.82, 2.24) is 9.55 Å². The van der Waals surface area contributed by atoms with E-state index < -0.39 is 0 Å². The monoisotopic (exact) mass is 311 g/mol. The van der Waals surface area contributed by atoms with Crippen molar-refractivity contribution in [3.05, 3.63) is 66.6 Å². The van der Waals surface area contributed by atoms with Crippen molar-refractivity contribution in [3.63, 3.8) is 0 Å². The number of carbonyl (C=O) groups excluding carboxylic acids is 1. The zero-order valence-corrected chi connectivity index (χ0v) is 12.7. The van der Waals surface area contributed by atoms with Gasteiger partial charge in [-0.15, -0.1) is 0 Å². The van der Waals surface area contributed by atoms with E-state index in [0.717, 1.165) is 5.56 Å². The average Bonchev–Trinajstić information content (AvgIpc) is 3.19. The number of hydrogen-bond acceptors (Lipinski definition) is 4. The Balaban J connectivity index is 1.58. The molecule has 0 aliphatic rings. The number of rotatable bonds is 6. The maximum atomic E-state index is 12.1. The second-order valence-corrected chi connectivity index (χ2v) is 5.06. The lowest BCUT2D eigenvalue weighted by atomic mass is 10.2. The standard InChI is InChI=1S/C17H17N3O3/c1-13-5-9-23-16(13)17(21)19-14-3-2-4-15(11-14)22-10-8-20-7-6-18-12-20/h2-7,9,11-12H,8,10H2,1H3,(H,19,21). The van der Waals surface area contributed by atoms with Gasteiger partial charge in [0.1, 0.15) is 12.4 Å². The molecule has 0 aliphatic heterocycles. The van der Waals surface area contributed by atoms with E-state index in [1.165, 1.54) is 6.26 Å². The van der Waals surface area contributed by atoms with E-state index >= 15 is 0 Å². The van der Waals surface area contributed by atoms with Crippen molar-refractivity contribution < 1.29 is 13.9 Å². The lowest BCUT2D eigenvalue weighted by Gasteiger charge is -2.09. The number of imidazole rings is 1. The molecule has 0 unspecified atom stereocenters. The van der Waals surface area contributed by atoms with Crippen LogP contribution >= 0.6 is 0 Å². The van der Waals surface area contributed by atoms with Crippen molar-refractivity contribution in [2.45, 2.75) is 13.5 Å². The molecule has 3 aromatic rings. The number of aromatic nitrogens is 2. The fourth-order valence-corrected chi connectivity index (χ4v) is 2.14. The van der Waals surface area contributed by atoms with Crippen molar-refractivity contribution in [2.75, 3.05) is 11.9 Å². The summed E-state index contributed by atoms with van der Waals surface area (Å²) in [5, 5.41) is 2.80. The van der Waals surface area contributed by atoms with Crippen molar-refractivity contribution in [2.24, 2.45) is 0 Å². The molecule has 0 saturated heterocycles. The van der Waals surface area contributed by atoms with Crippen molar-refractivity contribution in [3.8, 4) is 5.75 Å². The summed E-state index contributed by atoms with van der Waals surface area (Å²) in [4.78, 5) is 16.1. The summed E-state index contributed by atoms with van der Waals surface area (Å²) in [7, 11) is 0. The zero-order valence-electron chi connectivity index (χ0n) is 12.7. The van der Waals surface area contributed by atoms with Gasteiger partial charge in [-0.25, -0.2) is 4.98 Å². The molecule has 1 N–H and O–H groups in total. The van der Waals surface area contributed by atoms with E-state index in [2.05, 4.69) is 10.3 Å². The largest absolute Gasteiger partial charge is 0.492 e. The van der Waals surface area contributed by atoms with Crippen LogP contribution in [0, 0.1) is 6.92 Å². The van der Waals surface area contributed by atoms with Gasteiger partial charge in [0.15, 0.2) is 5.76 Å². The lowest BCUT2D eigenvalue weighted by molar-refractivity contribution is 0.0996. The quantitative estimate of drug-likeness (QED) is 0.759. The van der Waals surface area contributed by atoms with E-state index in [-0.39, 0.29) is 5.91 Å². The number of nitrogens with one attached hydrogen (secondary N) is 1. The molecule has 1 amide bonds. The van der Waals surface area contributed by atoms with Gasteiger partial charge in [0.2, 0.25) is 0 Å². The first-order chi connectivity index (χ1) is 11.2. The van der Waals surface area contributed by atoms with Crippen LogP contribution in [0.2, 0.25) is 0 Å². The van der Waals surface area contributed by atoms with Gasteiger partial charge in [0, 0.05) is 29.7 Å². The van der Waals surface area contributed by atoms with Gasteiger partial charge >= 0.3 is 0 Å². The van der Waals surface area contributed by atoms with Crippen LogP contribution in [0.5, 0.6) is 5.75 Å². The third-order valence-electron chi connectivity index (χ3n) is 3.34. The van der Waals surface area contributed by atoms with E-state index in [9.17, 15) is 4.79 Å². The van der Waals surface area contributed by atoms with Crippen LogP contribution in [-0.4, -0.2) is 22.1 Å². The molecule has 0 aliphatic carbocycles. The number of ether oxygens (including phenoxy) is 1. The molecule has 0 bridgehead atoms. The van der Waals surface area contributed by atoms with Crippen molar-refractivity contribution in [1.29, 1.82) is 0 Å². The predicted molar refractivity (Wildman–Crippen MR) is 85.6 cm³/mol. The summed E-state index contributed by atoms with van der Waals surface area (Å²) in [5.74, 6) is 0.735. The highest BCUT2D eigenvalue weighted by Gasteiger charge is 2.12. The van der Waals surface area contributed by atoms with Crippen LogP contribution in [0.3, 0.4) is 0 Å². The van der Waals surface area contributed by atoms with Gasteiger partial charge in [-0.3, -0.25) is 4.79 Å². The molecular formula is C17H17N3O3. The molecule has 2 aromatic heterocycles. The highest BCUT2D eigenvalue weighted by atomic mass is 16.5. The Morgan fingerprint density at radius 1 is 1.39 bits per heavy atom. The number of anilines is 1. The second-order valence-electron chi connectivity index (χ2n) is 5.06. The third-order valence-corrected chi connectivity index (χ3v) is 3.34. The molecule has 6 heteroatoms. The minimum Gasteiger partial charge on any atom is -0.492 e. The summed E-state index contributed by atoms with van der Waals surface area (Å²) in [6, 6.07) is 9.02. The van der Waals surface area contributed by atoms with Gasteiger partial charge in [-0.2, -0.15) is 0 Å². The van der Waals surface area contributed by atoms with E-state index in [4.69, 9.17) is 9.15 Å². The Labute approximate surface area is 133 Å². The van der Waals surface area contributed by atoms with Crippen LogP contribution in [0.15, 0.2) is 59.7 Å². The Morgan fingerprint density at radius 3 is 3.04 bits per heavy atom. The first-order valence-electron chi connectivity index (χ1n) is 7.26. The second kappa shape index (κ2) is 6.83. The fraction of sp³-hybridized carbons (Fsp3) is 0.176. The van der Waals surface area contributed by atoms with Gasteiger partial charge in [-0.05, 0) is 25.1 Å². The molecule has 0 spiro atoms. The smallest absolute Gasteiger partial charge is 0.291 e. The Bertz CT molecular complexity index is 778. The lowest BCUT2D eigenvalue weighted by Crippen LogP contribution is -2.12. The highest BCUT2D eigenvalue weighted by Crippen LogP contribution is 2.19. The number of nitrogens with zero attached hydrogens (tertiary/aromatic N) is 2. The Hall–Kier alpha value is -3.02. The first-order valence-corrected chi connectivity index (χ1v) is 7.26. The SMILES string of the molecule is Cc1ccoc1C(=O)Nc1cccc(OCCn2ccnc2)c1. The Kier molecular flexibility index (Phi) is 4.42. The summed E-state index contributed by atoms with van der Waals surface area (Å²) < 4.78 is 12.8. The van der Waals surface area contributed by atoms with E-state index in [0.29, 0.717) is 30.3 Å². The molecular weight excluding hydrogens is 294 g/mol. The van der Waals surface area contributed by atoms with Crippen molar-refractivity contribution >= 4 is 11.6 Å². The number of benzene rings is 1. The van der Waals surface area contributed by atoms with Crippen LogP contribution in [0.4, 0.5) is 5.69 Å². The molecule has 0 atom stereocenters. The molecule has 118 valence electrons. The summed E-state index contributed by atoms with van der Waals surface area (Å²) >= 11 is 0. The van der Waals surface area contributed by atoms with Gasteiger partial charge in [-0.1, -0.05) is 6.07 Å². The van der Waals surface area contributed by atoms with Gasteiger partial charge in [0.25, 0.3) is 5.91 Å². The molecule has 3 rings (SSSR count). The van der Waals surface area contributed by atoms with Gasteiger partial charge in [0.05, 0.1) is 19.1 Å². The number of furan rings is 1. The first kappa shape index (κ1) is 14.9. The number of hydrogen-bond donors (Lipinski definition) is 1. The van der Waals surface area contributed by atoms with Gasteiger partial charge < -0.3 is 19.0 Å². The van der Waals surface area contributed by atoms with E-state index in [1.807, 2.05) is 29.8 Å². The maximum absolute atomic E-state index is 12.1. The third kappa shape index (κ3) is 3.79. The predicted octanol–water partition coefficient (Wildman–Crippen LogP) is 3.12. The Morgan fingerprint density at radius 2 is 2.30 bits per heavy atom. The molecule has 23 heavy (non-hydrogen) atoms. The van der Waals surface area contributed by atoms with E-state index in [1.54, 1.807) is 30.7 Å². The fourth-order valence-electron chi connectivity index (χ4n) is 2.14. The molecule has 1 aromatic carbocycles. The summed E-state index contributed by atoms with van der Waals surface area (Å²) in [5.41, 5.74) is 1.46. The molecule has 0 fully saturated rings. The highest BCUT2D eigenvalue weighted by molar-refractivity contribution is 6.03. The molecule has 2 heterocycles. The summed E-state index contributed by atoms with van der Waals surface area (Å²) in [6.45, 7) is 3.06. The maximum Gasteiger partial charge on any atom is 0.291 e. The van der Waals surface area contributed by atoms with Crippen LogP contribution in [-0.2, 0) is 6.54 Å². The molecule has 0 radical (unpaired) electrons. The van der Waals surface area contributed by atoms with Crippen LogP contribution in [0.1, 0.15) is 16.1 Å². The summed E-state index contributed by atoms with van der Waals surface area (Å²) in [6.07, 6.45) is 6.85. The minimum absolute atomic E-state index is 0.275. The number of amides is 1. The minimum atomic E-state index is -0.275. The molecule has 0 saturated carbocycles. The van der Waals surface area contributed by atoms with Crippen LogP contribution in [0.25, 0.3) is 0 Å².